The molecule has 0 radical (unpaired) electrons. The molecule has 0 aromatic heterocycles. The highest BCUT2D eigenvalue weighted by Crippen LogP contribution is 2.40. The molecule has 0 bridgehead atoms. The molecule has 98 valence electrons. The fraction of sp³-hybridized carbons (Fsp3) is 0.462. The summed E-state index contributed by atoms with van der Waals surface area (Å²) in [6.45, 7) is 7.09. The fourth-order valence-corrected chi connectivity index (χ4v) is 3.88. The van der Waals surface area contributed by atoms with E-state index in [1.807, 2.05) is 19.9 Å². The Morgan fingerprint density at radius 2 is 1.89 bits per heavy atom. The molecule has 1 aliphatic heterocycles. The molecule has 1 amide bonds. The summed E-state index contributed by atoms with van der Waals surface area (Å²) in [6.07, 6.45) is 0. The van der Waals surface area contributed by atoms with Crippen molar-refractivity contribution in [3.8, 4) is 0 Å². The third-order valence-corrected chi connectivity index (χ3v) is 5.87. The summed E-state index contributed by atoms with van der Waals surface area (Å²) < 4.78 is 23.6. The number of aryl methyl sites for hydroxylation is 1. The van der Waals surface area contributed by atoms with Gasteiger partial charge in [0.2, 0.25) is 5.91 Å². The van der Waals surface area contributed by atoms with E-state index in [1.165, 1.54) is 18.7 Å². The van der Waals surface area contributed by atoms with Crippen LogP contribution in [0.4, 0.5) is 5.69 Å². The van der Waals surface area contributed by atoms with E-state index in [0.717, 1.165) is 5.56 Å². The topological polar surface area (TPSA) is 54.5 Å². The van der Waals surface area contributed by atoms with Gasteiger partial charge in [0.05, 0.1) is 10.6 Å². The van der Waals surface area contributed by atoms with Gasteiger partial charge in [0.25, 0.3) is 0 Å². The largest absolute Gasteiger partial charge is 0.310 e. The molecule has 0 saturated heterocycles. The van der Waals surface area contributed by atoms with Crippen molar-refractivity contribution in [3.63, 3.8) is 0 Å². The third-order valence-electron chi connectivity index (χ3n) is 3.44. The van der Waals surface area contributed by atoms with Crippen LogP contribution in [-0.4, -0.2) is 25.6 Å². The van der Waals surface area contributed by atoms with Crippen molar-refractivity contribution in [2.45, 2.75) is 37.3 Å². The number of hydrogen-bond acceptors (Lipinski definition) is 3. The molecule has 0 fully saturated rings. The van der Waals surface area contributed by atoms with E-state index in [9.17, 15) is 13.2 Å². The van der Waals surface area contributed by atoms with E-state index in [4.69, 9.17) is 0 Å². The van der Waals surface area contributed by atoms with Gasteiger partial charge in [0.15, 0.2) is 9.84 Å². The van der Waals surface area contributed by atoms with Gasteiger partial charge in [-0.2, -0.15) is 0 Å². The molecule has 1 heterocycles. The van der Waals surface area contributed by atoms with E-state index in [0.29, 0.717) is 12.2 Å². The Hall–Kier alpha value is -1.36. The Morgan fingerprint density at radius 1 is 1.28 bits per heavy atom. The van der Waals surface area contributed by atoms with E-state index >= 15 is 0 Å². The maximum Gasteiger partial charge on any atom is 0.248 e. The zero-order valence-electron chi connectivity index (χ0n) is 11.0. The summed E-state index contributed by atoms with van der Waals surface area (Å²) >= 11 is 0. The minimum atomic E-state index is -3.63. The van der Waals surface area contributed by atoms with Gasteiger partial charge in [-0.1, -0.05) is 6.07 Å². The van der Waals surface area contributed by atoms with Gasteiger partial charge in [0.1, 0.15) is 4.75 Å². The zero-order chi connectivity index (χ0) is 13.7. The zero-order valence-corrected chi connectivity index (χ0v) is 11.8. The van der Waals surface area contributed by atoms with Gasteiger partial charge in [0, 0.05) is 6.54 Å². The summed E-state index contributed by atoms with van der Waals surface area (Å²) in [6, 6.07) is 5.17. The number of carbonyl (C=O) groups is 1. The normalized spacial score (nSPS) is 20.7. The van der Waals surface area contributed by atoms with Gasteiger partial charge in [-0.25, -0.2) is 8.42 Å². The lowest BCUT2D eigenvalue weighted by molar-refractivity contribution is -0.120. The highest BCUT2D eigenvalue weighted by Gasteiger charge is 2.50. The van der Waals surface area contributed by atoms with Crippen LogP contribution in [0.1, 0.15) is 26.3 Å². The number of rotatable bonds is 1. The minimum Gasteiger partial charge on any atom is -0.310 e. The fourth-order valence-electron chi connectivity index (χ4n) is 2.20. The Labute approximate surface area is 108 Å². The molecule has 0 N–H and O–H groups in total. The number of anilines is 1. The summed E-state index contributed by atoms with van der Waals surface area (Å²) in [5.74, 6) is -0.360. The van der Waals surface area contributed by atoms with Crippen LogP contribution in [0.2, 0.25) is 0 Å². The average molecular weight is 267 g/mol. The summed E-state index contributed by atoms with van der Waals surface area (Å²) in [7, 11) is -3.63. The van der Waals surface area contributed by atoms with Gasteiger partial charge >= 0.3 is 0 Å². The first-order valence-electron chi connectivity index (χ1n) is 5.90. The summed E-state index contributed by atoms with van der Waals surface area (Å²) in [5, 5.41) is 0. The Balaban J connectivity index is 2.84. The number of carbonyl (C=O) groups excluding carboxylic acids is 1. The van der Waals surface area contributed by atoms with Gasteiger partial charge < -0.3 is 4.90 Å². The molecule has 4 nitrogen and oxygen atoms in total. The maximum absolute atomic E-state index is 12.5. The second-order valence-corrected chi connectivity index (χ2v) is 7.50. The number of hydrogen-bond donors (Lipinski definition) is 0. The molecule has 2 rings (SSSR count). The second kappa shape index (κ2) is 3.82. The van der Waals surface area contributed by atoms with Crippen LogP contribution in [0.25, 0.3) is 0 Å². The summed E-state index contributed by atoms with van der Waals surface area (Å²) in [5.41, 5.74) is 1.37. The molecular weight excluding hydrogens is 250 g/mol. The van der Waals surface area contributed by atoms with Crippen LogP contribution in [-0.2, 0) is 14.6 Å². The van der Waals surface area contributed by atoms with Gasteiger partial charge in [-0.15, -0.1) is 0 Å². The number of fused-ring (bicyclic) bond motifs is 1. The quantitative estimate of drug-likeness (QED) is 0.781. The number of amides is 1. The van der Waals surface area contributed by atoms with E-state index < -0.39 is 14.6 Å². The van der Waals surface area contributed by atoms with Crippen LogP contribution in [0.3, 0.4) is 0 Å². The van der Waals surface area contributed by atoms with Crippen LogP contribution in [0.15, 0.2) is 23.1 Å². The number of benzene rings is 1. The van der Waals surface area contributed by atoms with E-state index in [2.05, 4.69) is 0 Å². The van der Waals surface area contributed by atoms with E-state index in [-0.39, 0.29) is 10.8 Å². The van der Waals surface area contributed by atoms with Crippen LogP contribution in [0.5, 0.6) is 0 Å². The van der Waals surface area contributed by atoms with Crippen molar-refractivity contribution >= 4 is 21.4 Å². The van der Waals surface area contributed by atoms with Crippen LogP contribution in [0, 0.1) is 6.92 Å². The predicted molar refractivity (Wildman–Crippen MR) is 70.5 cm³/mol. The van der Waals surface area contributed by atoms with Crippen molar-refractivity contribution in [2.75, 3.05) is 11.4 Å². The highest BCUT2D eigenvalue weighted by atomic mass is 32.2. The SMILES string of the molecule is CCN1C(=O)C(C)(C)S(=O)(=O)c2cc(C)ccc21. The predicted octanol–water partition coefficient (Wildman–Crippen LogP) is 1.91. The summed E-state index contributed by atoms with van der Waals surface area (Å²) in [4.78, 5) is 14.1. The molecule has 1 aromatic rings. The molecule has 0 aliphatic carbocycles. The lowest BCUT2D eigenvalue weighted by Crippen LogP contribution is -2.54. The average Bonchev–Trinajstić information content (AvgIpc) is 2.29. The van der Waals surface area contributed by atoms with Gasteiger partial charge in [-0.3, -0.25) is 4.79 Å². The van der Waals surface area contributed by atoms with Crippen molar-refractivity contribution < 1.29 is 13.2 Å². The molecule has 0 atom stereocenters. The van der Waals surface area contributed by atoms with Crippen molar-refractivity contribution in [1.29, 1.82) is 0 Å². The third kappa shape index (κ3) is 1.50. The Kier molecular flexibility index (Phi) is 2.77. The first-order chi connectivity index (χ1) is 8.23. The molecule has 0 spiro atoms. The Bertz CT molecular complexity index is 617. The van der Waals surface area contributed by atoms with Crippen LogP contribution >= 0.6 is 0 Å². The highest BCUT2D eigenvalue weighted by molar-refractivity contribution is 7.94. The molecule has 1 aliphatic rings. The Morgan fingerprint density at radius 3 is 2.44 bits per heavy atom. The molecular formula is C13H17NO3S. The lowest BCUT2D eigenvalue weighted by atomic mass is 10.1. The molecule has 0 saturated carbocycles. The molecule has 5 heteroatoms. The molecule has 18 heavy (non-hydrogen) atoms. The number of sulfone groups is 1. The monoisotopic (exact) mass is 267 g/mol. The first kappa shape index (κ1) is 13.1. The van der Waals surface area contributed by atoms with Crippen molar-refractivity contribution in [3.05, 3.63) is 23.8 Å². The smallest absolute Gasteiger partial charge is 0.248 e. The number of nitrogens with zero attached hydrogens (tertiary/aromatic N) is 1. The first-order valence-corrected chi connectivity index (χ1v) is 7.39. The molecule has 1 aromatic carbocycles. The lowest BCUT2D eigenvalue weighted by Gasteiger charge is -2.37. The standard InChI is InChI=1S/C13H17NO3S/c1-5-14-10-7-6-9(2)8-11(10)18(16,17)13(3,4)12(14)15/h6-8H,5H2,1-4H3. The van der Waals surface area contributed by atoms with Crippen LogP contribution < -0.4 is 4.90 Å². The maximum atomic E-state index is 12.5. The second-order valence-electron chi connectivity index (χ2n) is 5.03. The molecule has 0 unspecified atom stereocenters. The minimum absolute atomic E-state index is 0.258. The van der Waals surface area contributed by atoms with Crippen molar-refractivity contribution in [2.24, 2.45) is 0 Å². The van der Waals surface area contributed by atoms with Crippen molar-refractivity contribution in [1.82, 2.24) is 0 Å². The van der Waals surface area contributed by atoms with Gasteiger partial charge in [-0.05, 0) is 45.4 Å². The van der Waals surface area contributed by atoms with E-state index in [1.54, 1.807) is 12.1 Å².